The number of rotatable bonds is 4. The summed E-state index contributed by atoms with van der Waals surface area (Å²) in [6.45, 7) is 0. The molecule has 20 heavy (non-hydrogen) atoms. The van der Waals surface area contributed by atoms with E-state index in [1.54, 1.807) is 53.9 Å². The van der Waals surface area contributed by atoms with E-state index in [1.807, 2.05) is 0 Å². The smallest absolute Gasteiger partial charge is 0.312 e. The average Bonchev–Trinajstić information content (AvgIpc) is 2.43. The third kappa shape index (κ3) is 3.16. The van der Waals surface area contributed by atoms with Crippen LogP contribution in [0.3, 0.4) is 0 Å². The molecule has 104 valence electrons. The largest absolute Gasteiger partial charge is 0.450 e. The summed E-state index contributed by atoms with van der Waals surface area (Å²) in [5.74, 6) is -0.282. The van der Waals surface area contributed by atoms with Gasteiger partial charge in [-0.3, -0.25) is 10.1 Å². The summed E-state index contributed by atoms with van der Waals surface area (Å²) in [4.78, 5) is 10.4. The van der Waals surface area contributed by atoms with Crippen LogP contribution in [-0.4, -0.2) is 12.0 Å². The minimum atomic E-state index is -0.598. The number of hydrogen-bond donors (Lipinski definition) is 1. The lowest BCUT2D eigenvalue weighted by molar-refractivity contribution is -0.385. The van der Waals surface area contributed by atoms with Crippen molar-refractivity contribution in [1.29, 1.82) is 0 Å². The molecule has 0 fully saturated rings. The van der Waals surface area contributed by atoms with Crippen LogP contribution in [0, 0.1) is 19.5 Å². The fourth-order valence-electron chi connectivity index (χ4n) is 1.56. The van der Waals surface area contributed by atoms with Crippen LogP contribution in [0.4, 0.5) is 15.8 Å². The van der Waals surface area contributed by atoms with Crippen molar-refractivity contribution in [3.8, 4) is 11.5 Å². The van der Waals surface area contributed by atoms with Crippen LogP contribution in [-0.2, 0) is 0 Å². The summed E-state index contributed by atoms with van der Waals surface area (Å²) in [5.41, 5.74) is 0.606. The molecule has 0 atom stereocenters. The number of nitro groups is 1. The van der Waals surface area contributed by atoms with Gasteiger partial charge in [-0.2, -0.15) is 0 Å². The fraction of sp³-hybridized carbons (Fsp3) is 0.0769. The number of benzene rings is 2. The third-order valence-electron chi connectivity index (χ3n) is 2.57. The molecular formula is C13H10FIN2O3. The van der Waals surface area contributed by atoms with Crippen LogP contribution in [0.25, 0.3) is 0 Å². The van der Waals surface area contributed by atoms with Crippen LogP contribution in [0.2, 0.25) is 0 Å². The van der Waals surface area contributed by atoms with Crippen molar-refractivity contribution in [2.24, 2.45) is 0 Å². The van der Waals surface area contributed by atoms with E-state index in [1.165, 1.54) is 0 Å². The number of hydrogen-bond acceptors (Lipinski definition) is 4. The van der Waals surface area contributed by atoms with Crippen molar-refractivity contribution in [1.82, 2.24) is 0 Å². The Kier molecular flexibility index (Phi) is 4.38. The summed E-state index contributed by atoms with van der Waals surface area (Å²) in [6, 6.07) is 8.96. The summed E-state index contributed by atoms with van der Waals surface area (Å²) in [5, 5.41) is 13.9. The summed E-state index contributed by atoms with van der Waals surface area (Å²) in [6.07, 6.45) is 0. The lowest BCUT2D eigenvalue weighted by atomic mass is 10.2. The third-order valence-corrected chi connectivity index (χ3v) is 3.40. The van der Waals surface area contributed by atoms with E-state index in [4.69, 9.17) is 4.74 Å². The first-order chi connectivity index (χ1) is 9.51. The van der Waals surface area contributed by atoms with E-state index >= 15 is 0 Å². The highest BCUT2D eigenvalue weighted by Gasteiger charge is 2.19. The number of anilines is 1. The van der Waals surface area contributed by atoms with Gasteiger partial charge in [-0.1, -0.05) is 0 Å². The van der Waals surface area contributed by atoms with Gasteiger partial charge in [0.05, 0.1) is 8.49 Å². The molecule has 1 N–H and O–H groups in total. The molecule has 0 saturated carbocycles. The minimum Gasteiger partial charge on any atom is -0.450 e. The first-order valence-electron chi connectivity index (χ1n) is 5.60. The molecule has 0 aliphatic heterocycles. The second-order valence-corrected chi connectivity index (χ2v) is 5.03. The van der Waals surface area contributed by atoms with Crippen molar-refractivity contribution in [3.63, 3.8) is 0 Å². The Labute approximate surface area is 128 Å². The zero-order valence-corrected chi connectivity index (χ0v) is 12.5. The zero-order valence-electron chi connectivity index (χ0n) is 10.4. The lowest BCUT2D eigenvalue weighted by Crippen LogP contribution is -1.96. The predicted octanol–water partition coefficient (Wildman–Crippen LogP) is 4.17. The Morgan fingerprint density at radius 3 is 2.50 bits per heavy atom. The first-order valence-corrected chi connectivity index (χ1v) is 6.68. The monoisotopic (exact) mass is 388 g/mol. The maximum absolute atomic E-state index is 13.5. The summed E-state index contributed by atoms with van der Waals surface area (Å²) in [7, 11) is 1.77. The van der Waals surface area contributed by atoms with Crippen molar-refractivity contribution in [2.45, 2.75) is 0 Å². The Balaban J connectivity index is 2.36. The molecule has 0 aliphatic rings. The molecular weight excluding hydrogens is 378 g/mol. The molecule has 2 aromatic rings. The number of ether oxygens (including phenoxy) is 1. The molecule has 2 aromatic carbocycles. The lowest BCUT2D eigenvalue weighted by Gasteiger charge is -2.08. The van der Waals surface area contributed by atoms with Crippen LogP contribution in [0.1, 0.15) is 0 Å². The highest BCUT2D eigenvalue weighted by Crippen LogP contribution is 2.34. The molecule has 0 bridgehead atoms. The van der Waals surface area contributed by atoms with Gasteiger partial charge in [0, 0.05) is 24.9 Å². The van der Waals surface area contributed by atoms with Gasteiger partial charge in [0.15, 0.2) is 0 Å². The fourth-order valence-corrected chi connectivity index (χ4v) is 2.01. The molecule has 7 heteroatoms. The SMILES string of the molecule is CNc1ccc(Oc2cc(F)c(I)cc2[N+](=O)[O-])cc1. The standard InChI is InChI=1S/C13H10FIN2O3/c1-16-8-2-4-9(5-3-8)20-13-6-10(14)11(15)7-12(13)17(18)19/h2-7,16H,1H3. The van der Waals surface area contributed by atoms with Crippen LogP contribution in [0.5, 0.6) is 11.5 Å². The second-order valence-electron chi connectivity index (χ2n) is 3.87. The highest BCUT2D eigenvalue weighted by atomic mass is 127. The molecule has 0 amide bonds. The Bertz CT molecular complexity index is 647. The van der Waals surface area contributed by atoms with Gasteiger partial charge >= 0.3 is 5.69 Å². The second kappa shape index (κ2) is 6.04. The molecule has 0 radical (unpaired) electrons. The van der Waals surface area contributed by atoms with Crippen molar-refractivity contribution < 1.29 is 14.1 Å². The van der Waals surface area contributed by atoms with E-state index < -0.39 is 10.7 Å². The normalized spacial score (nSPS) is 10.2. The predicted molar refractivity (Wildman–Crippen MR) is 81.8 cm³/mol. The van der Waals surface area contributed by atoms with E-state index in [9.17, 15) is 14.5 Å². The number of nitro benzene ring substituents is 1. The molecule has 2 rings (SSSR count). The van der Waals surface area contributed by atoms with E-state index in [2.05, 4.69) is 5.32 Å². The zero-order chi connectivity index (χ0) is 14.7. The van der Waals surface area contributed by atoms with Gasteiger partial charge in [0.25, 0.3) is 0 Å². The molecule has 0 aromatic heterocycles. The number of nitrogens with one attached hydrogen (secondary N) is 1. The number of nitrogens with zero attached hydrogens (tertiary/aromatic N) is 1. The van der Waals surface area contributed by atoms with E-state index in [0.29, 0.717) is 5.75 Å². The van der Waals surface area contributed by atoms with Gasteiger partial charge in [0.2, 0.25) is 5.75 Å². The van der Waals surface area contributed by atoms with Crippen LogP contribution >= 0.6 is 22.6 Å². The van der Waals surface area contributed by atoms with Gasteiger partial charge in [0.1, 0.15) is 11.6 Å². The molecule has 0 saturated heterocycles. The number of halogens is 2. The molecule has 0 aliphatic carbocycles. The first kappa shape index (κ1) is 14.5. The maximum atomic E-state index is 13.5. The average molecular weight is 388 g/mol. The van der Waals surface area contributed by atoms with Crippen molar-refractivity contribution >= 4 is 34.0 Å². The molecule has 0 heterocycles. The molecule has 5 nitrogen and oxygen atoms in total. The van der Waals surface area contributed by atoms with Gasteiger partial charge in [-0.25, -0.2) is 4.39 Å². The van der Waals surface area contributed by atoms with Crippen LogP contribution in [0.15, 0.2) is 36.4 Å². The topological polar surface area (TPSA) is 64.4 Å². The quantitative estimate of drug-likeness (QED) is 0.485. The van der Waals surface area contributed by atoms with E-state index in [0.717, 1.165) is 17.8 Å². The molecule has 0 unspecified atom stereocenters. The van der Waals surface area contributed by atoms with Crippen molar-refractivity contribution in [2.75, 3.05) is 12.4 Å². The maximum Gasteiger partial charge on any atom is 0.312 e. The van der Waals surface area contributed by atoms with Gasteiger partial charge in [-0.05, 0) is 46.9 Å². The molecule has 0 spiro atoms. The summed E-state index contributed by atoms with van der Waals surface area (Å²) < 4.78 is 19.1. The van der Waals surface area contributed by atoms with E-state index in [-0.39, 0.29) is 15.0 Å². The van der Waals surface area contributed by atoms with Crippen LogP contribution < -0.4 is 10.1 Å². The minimum absolute atomic E-state index is 0.120. The van der Waals surface area contributed by atoms with Crippen molar-refractivity contribution in [3.05, 3.63) is 55.9 Å². The highest BCUT2D eigenvalue weighted by molar-refractivity contribution is 14.1. The Hall–Kier alpha value is -1.90. The Morgan fingerprint density at radius 1 is 1.30 bits per heavy atom. The van der Waals surface area contributed by atoms with Gasteiger partial charge in [-0.15, -0.1) is 0 Å². The van der Waals surface area contributed by atoms with Gasteiger partial charge < -0.3 is 10.1 Å². The summed E-state index contributed by atoms with van der Waals surface area (Å²) >= 11 is 1.70. The Morgan fingerprint density at radius 2 is 1.95 bits per heavy atom.